The molecule has 0 N–H and O–H groups in total. The summed E-state index contributed by atoms with van der Waals surface area (Å²) in [5.41, 5.74) is 1.36. The number of hydrogen-bond acceptors (Lipinski definition) is 0. The first kappa shape index (κ1) is 16.2. The zero-order chi connectivity index (χ0) is 13.8. The fourth-order valence-electron chi connectivity index (χ4n) is 1.86. The van der Waals surface area contributed by atoms with E-state index in [4.69, 9.17) is 0 Å². The molecule has 0 aromatic heterocycles. The molecule has 0 aliphatic heterocycles. The molecular formula is C18H24. The Balaban J connectivity index is 0.000000659. The molecular weight excluding hydrogens is 216 g/mol. The van der Waals surface area contributed by atoms with E-state index < -0.39 is 0 Å². The van der Waals surface area contributed by atoms with Gasteiger partial charge in [-0.1, -0.05) is 74.6 Å². The summed E-state index contributed by atoms with van der Waals surface area (Å²) in [5.74, 6) is 0.890. The third kappa shape index (κ3) is 4.58. The monoisotopic (exact) mass is 240 g/mol. The van der Waals surface area contributed by atoms with Crippen molar-refractivity contribution < 1.29 is 0 Å². The third-order valence-corrected chi connectivity index (χ3v) is 2.63. The SMILES string of the molecule is C=C.C=CC1C=CC=CC1c1ccccc1.CC. The predicted molar refractivity (Wildman–Crippen MR) is 83.8 cm³/mol. The standard InChI is InChI=1S/C14H14.C2H6.C2H4/c1-2-12-8-6-7-11-14(12)13-9-4-3-5-10-13;2*1-2/h2-12,14H,1H2;1-2H3;1-2H2. The molecule has 0 heteroatoms. The van der Waals surface area contributed by atoms with Crippen LogP contribution in [0.3, 0.4) is 0 Å². The maximum absolute atomic E-state index is 3.87. The molecule has 0 amide bonds. The Morgan fingerprint density at radius 3 is 2.06 bits per heavy atom. The van der Waals surface area contributed by atoms with E-state index in [0.717, 1.165) is 0 Å². The van der Waals surface area contributed by atoms with Crippen molar-refractivity contribution >= 4 is 0 Å². The lowest BCUT2D eigenvalue weighted by molar-refractivity contribution is 0.701. The Morgan fingerprint density at radius 2 is 1.50 bits per heavy atom. The van der Waals surface area contributed by atoms with Gasteiger partial charge in [-0.25, -0.2) is 0 Å². The molecule has 96 valence electrons. The van der Waals surface area contributed by atoms with Crippen LogP contribution >= 0.6 is 0 Å². The van der Waals surface area contributed by atoms with Crippen LogP contribution in [0.4, 0.5) is 0 Å². The summed E-state index contributed by atoms with van der Waals surface area (Å²) in [5, 5.41) is 0. The van der Waals surface area contributed by atoms with E-state index in [1.54, 1.807) is 0 Å². The van der Waals surface area contributed by atoms with Gasteiger partial charge in [0, 0.05) is 11.8 Å². The predicted octanol–water partition coefficient (Wildman–Crippen LogP) is 5.53. The summed E-state index contributed by atoms with van der Waals surface area (Å²) in [6.45, 7) is 13.9. The van der Waals surface area contributed by atoms with E-state index in [0.29, 0.717) is 11.8 Å². The molecule has 1 aliphatic rings. The molecule has 0 fully saturated rings. The van der Waals surface area contributed by atoms with Gasteiger partial charge >= 0.3 is 0 Å². The highest BCUT2D eigenvalue weighted by Crippen LogP contribution is 2.30. The Morgan fingerprint density at radius 1 is 0.944 bits per heavy atom. The van der Waals surface area contributed by atoms with Crippen molar-refractivity contribution in [2.75, 3.05) is 0 Å². The van der Waals surface area contributed by atoms with Crippen LogP contribution in [0.2, 0.25) is 0 Å². The van der Waals surface area contributed by atoms with E-state index in [2.05, 4.69) is 74.4 Å². The van der Waals surface area contributed by atoms with Crippen LogP contribution in [0, 0.1) is 5.92 Å². The molecule has 0 nitrogen and oxygen atoms in total. The van der Waals surface area contributed by atoms with Gasteiger partial charge in [0.1, 0.15) is 0 Å². The molecule has 2 unspecified atom stereocenters. The highest BCUT2D eigenvalue weighted by molar-refractivity contribution is 5.32. The quantitative estimate of drug-likeness (QED) is 0.596. The second-order valence-corrected chi connectivity index (χ2v) is 3.52. The Labute approximate surface area is 112 Å². The van der Waals surface area contributed by atoms with Crippen molar-refractivity contribution in [3.8, 4) is 0 Å². The average Bonchev–Trinajstić information content (AvgIpc) is 2.52. The van der Waals surface area contributed by atoms with Crippen LogP contribution in [-0.4, -0.2) is 0 Å². The number of benzene rings is 1. The van der Waals surface area contributed by atoms with E-state index in [1.807, 2.05) is 19.9 Å². The Kier molecular flexibility index (Phi) is 9.30. The lowest BCUT2D eigenvalue weighted by Gasteiger charge is -2.21. The first-order valence-electron chi connectivity index (χ1n) is 6.44. The number of rotatable bonds is 2. The van der Waals surface area contributed by atoms with E-state index >= 15 is 0 Å². The lowest BCUT2D eigenvalue weighted by Crippen LogP contribution is -2.07. The Bertz CT molecular complexity index is 370. The van der Waals surface area contributed by atoms with Gasteiger partial charge in [-0.15, -0.1) is 19.7 Å². The minimum absolute atomic E-state index is 0.433. The summed E-state index contributed by atoms with van der Waals surface area (Å²) >= 11 is 0. The molecule has 1 aromatic rings. The van der Waals surface area contributed by atoms with Gasteiger partial charge in [0.25, 0.3) is 0 Å². The molecule has 2 rings (SSSR count). The maximum atomic E-state index is 3.87. The van der Waals surface area contributed by atoms with Crippen molar-refractivity contribution in [2.45, 2.75) is 19.8 Å². The van der Waals surface area contributed by atoms with Gasteiger partial charge < -0.3 is 0 Å². The van der Waals surface area contributed by atoms with Crippen LogP contribution in [0.5, 0.6) is 0 Å². The molecule has 0 saturated heterocycles. The summed E-state index contributed by atoms with van der Waals surface area (Å²) in [6.07, 6.45) is 10.6. The second-order valence-electron chi connectivity index (χ2n) is 3.52. The van der Waals surface area contributed by atoms with Crippen LogP contribution in [0.25, 0.3) is 0 Å². The van der Waals surface area contributed by atoms with Crippen LogP contribution in [-0.2, 0) is 0 Å². The minimum atomic E-state index is 0.433. The number of allylic oxidation sites excluding steroid dienone is 5. The zero-order valence-electron chi connectivity index (χ0n) is 11.5. The fourth-order valence-corrected chi connectivity index (χ4v) is 1.86. The molecule has 2 atom stereocenters. The molecule has 0 radical (unpaired) electrons. The van der Waals surface area contributed by atoms with Crippen molar-refractivity contribution in [3.63, 3.8) is 0 Å². The van der Waals surface area contributed by atoms with Gasteiger partial charge in [-0.2, -0.15) is 0 Å². The van der Waals surface area contributed by atoms with Gasteiger partial charge in [-0.05, 0) is 5.56 Å². The summed E-state index contributed by atoms with van der Waals surface area (Å²) in [7, 11) is 0. The highest BCUT2D eigenvalue weighted by Gasteiger charge is 2.16. The molecule has 0 heterocycles. The van der Waals surface area contributed by atoms with Crippen LogP contribution < -0.4 is 0 Å². The Hall–Kier alpha value is -1.82. The highest BCUT2D eigenvalue weighted by atomic mass is 14.2. The van der Waals surface area contributed by atoms with Gasteiger partial charge in [0.05, 0.1) is 0 Å². The van der Waals surface area contributed by atoms with Crippen molar-refractivity contribution in [1.82, 2.24) is 0 Å². The smallest absolute Gasteiger partial charge is 0.0119 e. The molecule has 1 aliphatic carbocycles. The summed E-state index contributed by atoms with van der Waals surface area (Å²) in [4.78, 5) is 0. The van der Waals surface area contributed by atoms with Crippen molar-refractivity contribution in [3.05, 3.63) is 86.0 Å². The third-order valence-electron chi connectivity index (χ3n) is 2.63. The van der Waals surface area contributed by atoms with E-state index in [9.17, 15) is 0 Å². The molecule has 1 aromatic carbocycles. The first-order chi connectivity index (χ1) is 8.92. The van der Waals surface area contributed by atoms with Crippen LogP contribution in [0.1, 0.15) is 25.3 Å². The normalized spacial score (nSPS) is 19.9. The summed E-state index contributed by atoms with van der Waals surface area (Å²) < 4.78 is 0. The zero-order valence-corrected chi connectivity index (χ0v) is 11.5. The average molecular weight is 240 g/mol. The van der Waals surface area contributed by atoms with E-state index in [1.165, 1.54) is 5.56 Å². The van der Waals surface area contributed by atoms with Gasteiger partial charge in [-0.3, -0.25) is 0 Å². The first-order valence-corrected chi connectivity index (χ1v) is 6.44. The fraction of sp³-hybridized carbons (Fsp3) is 0.222. The largest absolute Gasteiger partial charge is 0.106 e. The molecule has 0 saturated carbocycles. The van der Waals surface area contributed by atoms with Gasteiger partial charge in [0.15, 0.2) is 0 Å². The van der Waals surface area contributed by atoms with Crippen molar-refractivity contribution in [1.29, 1.82) is 0 Å². The minimum Gasteiger partial charge on any atom is -0.106 e. The van der Waals surface area contributed by atoms with Gasteiger partial charge in [0.2, 0.25) is 0 Å². The molecule has 0 spiro atoms. The van der Waals surface area contributed by atoms with E-state index in [-0.39, 0.29) is 0 Å². The maximum Gasteiger partial charge on any atom is 0.0119 e. The van der Waals surface area contributed by atoms with Crippen molar-refractivity contribution in [2.24, 2.45) is 5.92 Å². The van der Waals surface area contributed by atoms with Crippen LogP contribution in [0.15, 0.2) is 80.4 Å². The second kappa shape index (κ2) is 10.3. The number of hydrogen-bond donors (Lipinski definition) is 0. The summed E-state index contributed by atoms with van der Waals surface area (Å²) in [6, 6.07) is 10.6. The lowest BCUT2D eigenvalue weighted by atomic mass is 9.83. The molecule has 0 bridgehead atoms. The topological polar surface area (TPSA) is 0 Å². The molecule has 18 heavy (non-hydrogen) atoms.